The van der Waals surface area contributed by atoms with E-state index >= 15 is 0 Å². The molecule has 100 valence electrons. The van der Waals surface area contributed by atoms with Gasteiger partial charge in [0.25, 0.3) is 0 Å². The molecule has 0 unspecified atom stereocenters. The third-order valence-corrected chi connectivity index (χ3v) is 3.56. The molecule has 1 aliphatic rings. The van der Waals surface area contributed by atoms with Gasteiger partial charge < -0.3 is 15.1 Å². The summed E-state index contributed by atoms with van der Waals surface area (Å²) in [5, 5.41) is 19.0. The number of rotatable bonds is 4. The fraction of sp³-hybridized carbons (Fsp3) is 0.538. The Hall–Kier alpha value is -0.810. The number of β-amino-alcohol motifs (C(OH)–C–C–N with tert-alkyl or cyclic N) is 1. The molecule has 0 radical (unpaired) electrons. The van der Waals surface area contributed by atoms with Crippen LogP contribution in [0.5, 0.6) is 0 Å². The number of aliphatic hydroxyl groups excluding tert-OH is 2. The van der Waals surface area contributed by atoms with E-state index in [0.717, 1.165) is 36.9 Å². The lowest BCUT2D eigenvalue weighted by Gasteiger charge is -2.37. The summed E-state index contributed by atoms with van der Waals surface area (Å²) >= 11 is 6.17. The molecule has 1 saturated heterocycles. The fourth-order valence-corrected chi connectivity index (χ4v) is 2.49. The topological polar surface area (TPSA) is 46.9 Å². The van der Waals surface area contributed by atoms with Crippen LogP contribution in [0.15, 0.2) is 24.3 Å². The first-order valence-electron chi connectivity index (χ1n) is 6.21. The molecule has 0 aliphatic carbocycles. The molecule has 1 aromatic rings. The Morgan fingerprint density at radius 2 is 1.83 bits per heavy atom. The molecule has 2 rings (SSSR count). The molecule has 1 atom stereocenters. The number of hydrogen-bond acceptors (Lipinski definition) is 4. The van der Waals surface area contributed by atoms with E-state index in [0.29, 0.717) is 6.54 Å². The number of halogens is 1. The van der Waals surface area contributed by atoms with Gasteiger partial charge >= 0.3 is 0 Å². The van der Waals surface area contributed by atoms with Crippen molar-refractivity contribution in [1.82, 2.24) is 4.90 Å². The zero-order chi connectivity index (χ0) is 13.0. The summed E-state index contributed by atoms with van der Waals surface area (Å²) in [5.41, 5.74) is 1.07. The third kappa shape index (κ3) is 3.36. The molecular formula is C13H19ClN2O2. The quantitative estimate of drug-likeness (QED) is 0.850. The summed E-state index contributed by atoms with van der Waals surface area (Å²) in [6, 6.07) is 7.85. The van der Waals surface area contributed by atoms with Gasteiger partial charge in [0.2, 0.25) is 0 Å². The third-order valence-electron chi connectivity index (χ3n) is 3.25. The summed E-state index contributed by atoms with van der Waals surface area (Å²) < 4.78 is 0. The summed E-state index contributed by atoms with van der Waals surface area (Å²) in [7, 11) is 0. The van der Waals surface area contributed by atoms with Crippen molar-refractivity contribution in [2.24, 2.45) is 0 Å². The maximum atomic E-state index is 9.41. The van der Waals surface area contributed by atoms with Gasteiger partial charge in [-0.05, 0) is 12.1 Å². The van der Waals surface area contributed by atoms with Crippen LogP contribution in [0.4, 0.5) is 5.69 Å². The molecule has 0 bridgehead atoms. The van der Waals surface area contributed by atoms with E-state index in [1.807, 2.05) is 24.3 Å². The summed E-state index contributed by atoms with van der Waals surface area (Å²) in [5.74, 6) is 0. The average Bonchev–Trinajstić information content (AvgIpc) is 2.40. The molecule has 4 nitrogen and oxygen atoms in total. The largest absolute Gasteiger partial charge is 0.394 e. The number of anilines is 1. The van der Waals surface area contributed by atoms with Crippen LogP contribution >= 0.6 is 11.6 Å². The smallest absolute Gasteiger partial charge is 0.0897 e. The van der Waals surface area contributed by atoms with Gasteiger partial charge in [0, 0.05) is 32.7 Å². The Kier molecular flexibility index (Phi) is 4.83. The summed E-state index contributed by atoms with van der Waals surface area (Å²) in [6.45, 7) is 3.89. The first-order valence-corrected chi connectivity index (χ1v) is 6.59. The van der Waals surface area contributed by atoms with Crippen molar-refractivity contribution in [2.75, 3.05) is 44.2 Å². The molecular weight excluding hydrogens is 252 g/mol. The van der Waals surface area contributed by atoms with Crippen LogP contribution in [0.25, 0.3) is 0 Å². The maximum absolute atomic E-state index is 9.41. The van der Waals surface area contributed by atoms with Crippen molar-refractivity contribution >= 4 is 17.3 Å². The lowest BCUT2D eigenvalue weighted by atomic mass is 10.2. The Bertz CT molecular complexity index is 381. The summed E-state index contributed by atoms with van der Waals surface area (Å²) in [4.78, 5) is 4.42. The lowest BCUT2D eigenvalue weighted by molar-refractivity contribution is 0.0575. The van der Waals surface area contributed by atoms with Gasteiger partial charge in [-0.2, -0.15) is 0 Å². The summed E-state index contributed by atoms with van der Waals surface area (Å²) in [6.07, 6.45) is -0.642. The van der Waals surface area contributed by atoms with Crippen LogP contribution in [-0.2, 0) is 0 Å². The second-order valence-electron chi connectivity index (χ2n) is 4.58. The van der Waals surface area contributed by atoms with Gasteiger partial charge in [-0.3, -0.25) is 4.90 Å². The van der Waals surface area contributed by atoms with Crippen LogP contribution in [0.3, 0.4) is 0 Å². The van der Waals surface area contributed by atoms with Gasteiger partial charge in [-0.15, -0.1) is 0 Å². The Balaban J connectivity index is 1.89. The van der Waals surface area contributed by atoms with E-state index in [9.17, 15) is 5.11 Å². The molecule has 1 fully saturated rings. The number of para-hydroxylation sites is 1. The van der Waals surface area contributed by atoms with Crippen molar-refractivity contribution < 1.29 is 10.2 Å². The predicted molar refractivity (Wildman–Crippen MR) is 73.2 cm³/mol. The predicted octanol–water partition coefficient (Wildman–Crippen LogP) is 0.815. The number of benzene rings is 1. The molecule has 1 aliphatic heterocycles. The standard InChI is InChI=1S/C13H19ClN2O2/c14-12-3-1-2-4-13(12)16-7-5-15(6-8-16)9-11(18)10-17/h1-4,11,17-18H,5-10H2/t11-/m1/s1. The SMILES string of the molecule is OC[C@H](O)CN1CCN(c2ccccc2Cl)CC1. The number of hydrogen-bond donors (Lipinski definition) is 2. The molecule has 0 aromatic heterocycles. The molecule has 1 aromatic carbocycles. The van der Waals surface area contributed by atoms with E-state index in [1.54, 1.807) is 0 Å². The van der Waals surface area contributed by atoms with E-state index in [4.69, 9.17) is 16.7 Å². The zero-order valence-corrected chi connectivity index (χ0v) is 11.1. The van der Waals surface area contributed by atoms with Crippen LogP contribution in [0.2, 0.25) is 5.02 Å². The Morgan fingerprint density at radius 1 is 1.17 bits per heavy atom. The number of piperazine rings is 1. The normalized spacial score (nSPS) is 18.9. The molecule has 2 N–H and O–H groups in total. The first-order chi connectivity index (χ1) is 8.70. The minimum atomic E-state index is -0.642. The maximum Gasteiger partial charge on any atom is 0.0897 e. The van der Waals surface area contributed by atoms with Gasteiger partial charge in [-0.1, -0.05) is 23.7 Å². The second kappa shape index (κ2) is 6.38. The van der Waals surface area contributed by atoms with E-state index in [2.05, 4.69) is 9.80 Å². The second-order valence-corrected chi connectivity index (χ2v) is 4.98. The zero-order valence-electron chi connectivity index (χ0n) is 10.3. The first kappa shape index (κ1) is 13.6. The molecule has 1 heterocycles. The Morgan fingerprint density at radius 3 is 2.44 bits per heavy atom. The minimum Gasteiger partial charge on any atom is -0.394 e. The van der Waals surface area contributed by atoms with Gasteiger partial charge in [0.05, 0.1) is 23.4 Å². The fourth-order valence-electron chi connectivity index (χ4n) is 2.24. The van der Waals surface area contributed by atoms with Crippen molar-refractivity contribution in [3.63, 3.8) is 0 Å². The molecule has 5 heteroatoms. The highest BCUT2D eigenvalue weighted by Crippen LogP contribution is 2.25. The highest BCUT2D eigenvalue weighted by atomic mass is 35.5. The average molecular weight is 271 g/mol. The molecule has 0 amide bonds. The number of nitrogens with zero attached hydrogens (tertiary/aromatic N) is 2. The molecule has 0 spiro atoms. The van der Waals surface area contributed by atoms with Gasteiger partial charge in [0.15, 0.2) is 0 Å². The van der Waals surface area contributed by atoms with E-state index in [1.165, 1.54) is 0 Å². The van der Waals surface area contributed by atoms with Gasteiger partial charge in [0.1, 0.15) is 0 Å². The van der Waals surface area contributed by atoms with Crippen LogP contribution in [-0.4, -0.2) is 60.5 Å². The van der Waals surface area contributed by atoms with Crippen LogP contribution in [0.1, 0.15) is 0 Å². The molecule has 18 heavy (non-hydrogen) atoms. The minimum absolute atomic E-state index is 0.176. The highest BCUT2D eigenvalue weighted by Gasteiger charge is 2.20. The van der Waals surface area contributed by atoms with Crippen LogP contribution in [0, 0.1) is 0 Å². The van der Waals surface area contributed by atoms with E-state index in [-0.39, 0.29) is 6.61 Å². The van der Waals surface area contributed by atoms with Crippen molar-refractivity contribution in [3.05, 3.63) is 29.3 Å². The van der Waals surface area contributed by atoms with Crippen molar-refractivity contribution in [1.29, 1.82) is 0 Å². The van der Waals surface area contributed by atoms with Crippen molar-refractivity contribution in [2.45, 2.75) is 6.10 Å². The number of aliphatic hydroxyl groups is 2. The highest BCUT2D eigenvalue weighted by molar-refractivity contribution is 6.33. The van der Waals surface area contributed by atoms with E-state index < -0.39 is 6.10 Å². The lowest BCUT2D eigenvalue weighted by Crippen LogP contribution is -2.49. The van der Waals surface area contributed by atoms with Crippen LogP contribution < -0.4 is 4.90 Å². The molecule has 0 saturated carbocycles. The Labute approximate surface area is 112 Å². The monoisotopic (exact) mass is 270 g/mol. The van der Waals surface area contributed by atoms with Gasteiger partial charge in [-0.25, -0.2) is 0 Å². The van der Waals surface area contributed by atoms with Crippen molar-refractivity contribution in [3.8, 4) is 0 Å².